The highest BCUT2D eigenvalue weighted by molar-refractivity contribution is 7.80. The molecule has 0 unspecified atom stereocenters. The first-order chi connectivity index (χ1) is 14.5. The molecule has 3 aromatic rings. The van der Waals surface area contributed by atoms with E-state index in [2.05, 4.69) is 16.0 Å². The van der Waals surface area contributed by atoms with E-state index in [4.69, 9.17) is 17.0 Å². The van der Waals surface area contributed by atoms with Gasteiger partial charge in [-0.05, 0) is 48.1 Å². The van der Waals surface area contributed by atoms with Gasteiger partial charge < -0.3 is 20.7 Å². The topological polar surface area (TPSA) is 62.4 Å². The molecule has 1 atom stereocenters. The third-order valence-corrected chi connectivity index (χ3v) is 5.30. The fourth-order valence-electron chi connectivity index (χ4n) is 3.71. The summed E-state index contributed by atoms with van der Waals surface area (Å²) in [7, 11) is 1.59. The monoisotopic (exact) mass is 421 g/mol. The molecule has 0 fully saturated rings. The number of allylic oxidation sites excluding steroid dienone is 1. The SMILES string of the molecule is COc1ccc2ccccc2c1[C@H]1NC(=S)NC(C)=C1C(=O)Nc1ccccc1F. The van der Waals surface area contributed by atoms with Crippen LogP contribution in [0.3, 0.4) is 0 Å². The van der Waals surface area contributed by atoms with Crippen molar-refractivity contribution >= 4 is 39.7 Å². The number of para-hydroxylation sites is 1. The second kappa shape index (κ2) is 8.12. The molecule has 3 aromatic carbocycles. The van der Waals surface area contributed by atoms with Gasteiger partial charge in [-0.1, -0.05) is 42.5 Å². The summed E-state index contributed by atoms with van der Waals surface area (Å²) in [6, 6.07) is 17.2. The van der Waals surface area contributed by atoms with Crippen LogP contribution < -0.4 is 20.7 Å². The summed E-state index contributed by atoms with van der Waals surface area (Å²) in [5.74, 6) is -0.310. The maximum Gasteiger partial charge on any atom is 0.255 e. The van der Waals surface area contributed by atoms with Crippen LogP contribution in [0.1, 0.15) is 18.5 Å². The van der Waals surface area contributed by atoms with E-state index in [1.807, 2.05) is 36.4 Å². The zero-order chi connectivity index (χ0) is 21.3. The fourth-order valence-corrected chi connectivity index (χ4v) is 3.99. The van der Waals surface area contributed by atoms with E-state index in [0.717, 1.165) is 16.3 Å². The normalized spacial score (nSPS) is 16.1. The Morgan fingerprint density at radius 2 is 1.83 bits per heavy atom. The van der Waals surface area contributed by atoms with Gasteiger partial charge in [0.15, 0.2) is 5.11 Å². The van der Waals surface area contributed by atoms with E-state index in [-0.39, 0.29) is 5.69 Å². The Kier molecular flexibility index (Phi) is 5.37. The summed E-state index contributed by atoms with van der Waals surface area (Å²) in [5, 5.41) is 11.2. The van der Waals surface area contributed by atoms with Gasteiger partial charge in [-0.3, -0.25) is 4.79 Å². The molecule has 7 heteroatoms. The highest BCUT2D eigenvalue weighted by Crippen LogP contribution is 2.38. The van der Waals surface area contributed by atoms with E-state index in [1.165, 1.54) is 12.1 Å². The van der Waals surface area contributed by atoms with Crippen molar-refractivity contribution in [2.45, 2.75) is 13.0 Å². The first-order valence-electron chi connectivity index (χ1n) is 9.39. The van der Waals surface area contributed by atoms with E-state index < -0.39 is 17.8 Å². The molecule has 0 saturated heterocycles. The molecule has 30 heavy (non-hydrogen) atoms. The molecule has 1 heterocycles. The van der Waals surface area contributed by atoms with Crippen molar-refractivity contribution in [3.63, 3.8) is 0 Å². The Morgan fingerprint density at radius 1 is 1.10 bits per heavy atom. The number of hydrogen-bond acceptors (Lipinski definition) is 3. The molecule has 0 spiro atoms. The van der Waals surface area contributed by atoms with Crippen molar-refractivity contribution in [2.24, 2.45) is 0 Å². The third kappa shape index (κ3) is 3.59. The molecule has 0 bridgehead atoms. The molecule has 0 radical (unpaired) electrons. The molecule has 1 aliphatic rings. The number of hydrogen-bond donors (Lipinski definition) is 3. The van der Waals surface area contributed by atoms with Crippen molar-refractivity contribution in [1.82, 2.24) is 10.6 Å². The van der Waals surface area contributed by atoms with Gasteiger partial charge in [-0.15, -0.1) is 0 Å². The van der Waals surface area contributed by atoms with Crippen LogP contribution in [0, 0.1) is 5.82 Å². The number of anilines is 1. The maximum atomic E-state index is 14.1. The molecule has 0 saturated carbocycles. The van der Waals surface area contributed by atoms with Crippen LogP contribution in [0.15, 0.2) is 71.9 Å². The predicted molar refractivity (Wildman–Crippen MR) is 120 cm³/mol. The number of nitrogens with one attached hydrogen (secondary N) is 3. The molecule has 1 aliphatic heterocycles. The van der Waals surface area contributed by atoms with Gasteiger partial charge >= 0.3 is 0 Å². The predicted octanol–water partition coefficient (Wildman–Crippen LogP) is 4.42. The van der Waals surface area contributed by atoms with Crippen LogP contribution in [0.5, 0.6) is 5.75 Å². The summed E-state index contributed by atoms with van der Waals surface area (Å²) in [6.45, 7) is 1.77. The first-order valence-corrected chi connectivity index (χ1v) is 9.80. The number of thiocarbonyl (C=S) groups is 1. The second-order valence-electron chi connectivity index (χ2n) is 6.91. The Labute approximate surface area is 178 Å². The molecular weight excluding hydrogens is 401 g/mol. The summed E-state index contributed by atoms with van der Waals surface area (Å²) < 4.78 is 19.7. The highest BCUT2D eigenvalue weighted by Gasteiger charge is 2.33. The minimum Gasteiger partial charge on any atom is -0.496 e. The lowest BCUT2D eigenvalue weighted by atomic mass is 9.90. The summed E-state index contributed by atoms with van der Waals surface area (Å²) in [6.07, 6.45) is 0. The van der Waals surface area contributed by atoms with Gasteiger partial charge in [0.25, 0.3) is 5.91 Å². The van der Waals surface area contributed by atoms with Crippen LogP contribution >= 0.6 is 12.2 Å². The number of amides is 1. The number of rotatable bonds is 4. The number of fused-ring (bicyclic) bond motifs is 1. The second-order valence-corrected chi connectivity index (χ2v) is 7.32. The average Bonchev–Trinajstić information content (AvgIpc) is 2.73. The van der Waals surface area contributed by atoms with Gasteiger partial charge in [0.05, 0.1) is 24.4 Å². The van der Waals surface area contributed by atoms with Crippen molar-refractivity contribution in [3.05, 3.63) is 83.3 Å². The van der Waals surface area contributed by atoms with Gasteiger partial charge in [0.1, 0.15) is 11.6 Å². The number of carbonyl (C=O) groups excluding carboxylic acids is 1. The van der Waals surface area contributed by atoms with Crippen molar-refractivity contribution in [3.8, 4) is 5.75 Å². The third-order valence-electron chi connectivity index (χ3n) is 5.08. The van der Waals surface area contributed by atoms with Crippen LogP contribution in [-0.2, 0) is 4.79 Å². The number of benzene rings is 3. The quantitative estimate of drug-likeness (QED) is 0.545. The van der Waals surface area contributed by atoms with E-state index in [9.17, 15) is 9.18 Å². The van der Waals surface area contributed by atoms with Crippen LogP contribution in [0.2, 0.25) is 0 Å². The van der Waals surface area contributed by atoms with Crippen LogP contribution in [-0.4, -0.2) is 18.1 Å². The minimum atomic E-state index is -0.577. The minimum absolute atomic E-state index is 0.111. The molecule has 4 rings (SSSR count). The molecule has 3 N–H and O–H groups in total. The summed E-state index contributed by atoms with van der Waals surface area (Å²) >= 11 is 5.36. The molecule has 0 aliphatic carbocycles. The fraction of sp³-hybridized carbons (Fsp3) is 0.130. The first kappa shape index (κ1) is 19.8. The number of ether oxygens (including phenoxy) is 1. The van der Waals surface area contributed by atoms with Crippen molar-refractivity contribution < 1.29 is 13.9 Å². The van der Waals surface area contributed by atoms with Gasteiger partial charge in [-0.2, -0.15) is 0 Å². The average molecular weight is 421 g/mol. The van der Waals surface area contributed by atoms with E-state index >= 15 is 0 Å². The largest absolute Gasteiger partial charge is 0.496 e. The van der Waals surface area contributed by atoms with Crippen molar-refractivity contribution in [2.75, 3.05) is 12.4 Å². The smallest absolute Gasteiger partial charge is 0.255 e. The van der Waals surface area contributed by atoms with Gasteiger partial charge in [0.2, 0.25) is 0 Å². The molecular formula is C23H20FN3O2S. The molecule has 0 aromatic heterocycles. The zero-order valence-electron chi connectivity index (χ0n) is 16.5. The Morgan fingerprint density at radius 3 is 2.60 bits per heavy atom. The summed E-state index contributed by atoms with van der Waals surface area (Å²) in [4.78, 5) is 13.3. The molecule has 5 nitrogen and oxygen atoms in total. The van der Waals surface area contributed by atoms with Gasteiger partial charge in [0, 0.05) is 11.3 Å². The lowest BCUT2D eigenvalue weighted by Gasteiger charge is -2.32. The van der Waals surface area contributed by atoms with Gasteiger partial charge in [-0.25, -0.2) is 4.39 Å². The van der Waals surface area contributed by atoms with E-state index in [0.29, 0.717) is 22.1 Å². The Hall–Kier alpha value is -3.45. The number of halogens is 1. The molecule has 1 amide bonds. The van der Waals surface area contributed by atoms with E-state index in [1.54, 1.807) is 26.2 Å². The lowest BCUT2D eigenvalue weighted by Crippen LogP contribution is -2.46. The highest BCUT2D eigenvalue weighted by atomic mass is 32.1. The summed E-state index contributed by atoms with van der Waals surface area (Å²) in [5.41, 5.74) is 1.89. The van der Waals surface area contributed by atoms with Crippen LogP contribution in [0.4, 0.5) is 10.1 Å². The Bertz CT molecular complexity index is 1190. The lowest BCUT2D eigenvalue weighted by molar-refractivity contribution is -0.113. The zero-order valence-corrected chi connectivity index (χ0v) is 17.3. The Balaban J connectivity index is 1.85. The number of carbonyl (C=O) groups is 1. The van der Waals surface area contributed by atoms with Crippen LogP contribution in [0.25, 0.3) is 10.8 Å². The standard InChI is InChI=1S/C23H20FN3O2S/c1-13-19(22(28)26-17-10-6-5-9-16(17)24)21(27-23(30)25-13)20-15-8-4-3-7-14(15)11-12-18(20)29-2/h3-12,21H,1-2H3,(H,26,28)(H2,25,27,30)/t21-/m0/s1. The molecule has 152 valence electrons. The number of methoxy groups -OCH3 is 1. The van der Waals surface area contributed by atoms with Crippen molar-refractivity contribution in [1.29, 1.82) is 0 Å². The maximum absolute atomic E-state index is 14.1.